The van der Waals surface area contributed by atoms with Gasteiger partial charge in [-0.15, -0.1) is 0 Å². The maximum atomic E-state index is 4.14. The summed E-state index contributed by atoms with van der Waals surface area (Å²) in [5, 5.41) is 7.40. The van der Waals surface area contributed by atoms with Crippen LogP contribution < -0.4 is 10.6 Å². The first kappa shape index (κ1) is 13.4. The highest BCUT2D eigenvalue weighted by molar-refractivity contribution is 9.10. The Kier molecular flexibility index (Phi) is 2.76. The Morgan fingerprint density at radius 1 is 0.955 bits per heavy atom. The number of halogens is 2. The molecule has 1 aliphatic carbocycles. The van der Waals surface area contributed by atoms with Crippen LogP contribution in [0, 0.1) is 0 Å². The summed E-state index contributed by atoms with van der Waals surface area (Å²) in [6.45, 7) is 0.943. The van der Waals surface area contributed by atoms with Crippen LogP contribution in [-0.4, -0.2) is 21.7 Å². The van der Waals surface area contributed by atoms with Gasteiger partial charge in [0.05, 0.1) is 10.4 Å². The third kappa shape index (κ3) is 1.55. The van der Waals surface area contributed by atoms with Crippen molar-refractivity contribution in [3.8, 4) is 0 Å². The lowest BCUT2D eigenvalue weighted by Crippen LogP contribution is -2.50. The molecule has 0 unspecified atom stereocenters. The molecule has 112 valence electrons. The van der Waals surface area contributed by atoms with Crippen LogP contribution in [0.1, 0.15) is 23.0 Å². The molecular weight excluding hydrogens is 404 g/mol. The highest BCUT2D eigenvalue weighted by Crippen LogP contribution is 2.64. The lowest BCUT2D eigenvalue weighted by Gasteiger charge is -2.40. The number of alkyl halides is 2. The maximum Gasteiger partial charge on any atom is 0.0716 e. The number of nitrogens with one attached hydrogen (secondary N) is 2. The van der Waals surface area contributed by atoms with E-state index in [0.717, 1.165) is 6.54 Å². The standard InChI is InChI=1S/C18H16Br2N2/c19-16-14-10-5-1-4-8-13(10)22-17(16)18(20)9-21-12-7-3-2-6-11(12)15(14)18/h1-8,14-17,21-22H,9H2/t14-,15+,16+,17-,18-/m0/s1. The van der Waals surface area contributed by atoms with E-state index in [4.69, 9.17) is 0 Å². The van der Waals surface area contributed by atoms with Gasteiger partial charge in [-0.3, -0.25) is 0 Å². The van der Waals surface area contributed by atoms with Crippen molar-refractivity contribution in [1.82, 2.24) is 0 Å². The second-order valence-electron chi connectivity index (χ2n) is 6.52. The zero-order valence-corrected chi connectivity index (χ0v) is 15.1. The van der Waals surface area contributed by atoms with Crippen LogP contribution in [0.2, 0.25) is 0 Å². The molecule has 2 bridgehead atoms. The Labute approximate surface area is 146 Å². The number of fused-ring (bicyclic) bond motifs is 9. The third-order valence-electron chi connectivity index (χ3n) is 5.53. The van der Waals surface area contributed by atoms with Gasteiger partial charge in [0.2, 0.25) is 0 Å². The molecule has 0 saturated heterocycles. The summed E-state index contributed by atoms with van der Waals surface area (Å²) in [6, 6.07) is 17.9. The van der Waals surface area contributed by atoms with Crippen LogP contribution >= 0.6 is 31.9 Å². The molecule has 2 heterocycles. The fourth-order valence-electron chi connectivity index (χ4n) is 4.62. The summed E-state index contributed by atoms with van der Waals surface area (Å²) in [4.78, 5) is 0.430. The summed E-state index contributed by atoms with van der Waals surface area (Å²) in [7, 11) is 0. The minimum absolute atomic E-state index is 0.0270. The van der Waals surface area contributed by atoms with E-state index in [1.807, 2.05) is 0 Å². The molecule has 0 spiro atoms. The summed E-state index contributed by atoms with van der Waals surface area (Å²) < 4.78 is 0.0270. The van der Waals surface area contributed by atoms with Crippen molar-refractivity contribution < 1.29 is 0 Å². The molecule has 2 aromatic carbocycles. The van der Waals surface area contributed by atoms with Crippen molar-refractivity contribution in [2.45, 2.75) is 27.0 Å². The molecule has 2 aliphatic heterocycles. The van der Waals surface area contributed by atoms with Crippen LogP contribution in [0.4, 0.5) is 11.4 Å². The summed E-state index contributed by atoms with van der Waals surface area (Å²) >= 11 is 8.15. The van der Waals surface area contributed by atoms with E-state index in [0.29, 0.717) is 22.7 Å². The molecule has 4 heteroatoms. The average molecular weight is 420 g/mol. The quantitative estimate of drug-likeness (QED) is 0.605. The lowest BCUT2D eigenvalue weighted by atomic mass is 9.77. The Balaban J connectivity index is 1.77. The fraction of sp³-hybridized carbons (Fsp3) is 0.333. The predicted octanol–water partition coefficient (Wildman–Crippen LogP) is 4.68. The minimum Gasteiger partial charge on any atom is -0.383 e. The van der Waals surface area contributed by atoms with Crippen LogP contribution in [0.15, 0.2) is 48.5 Å². The Hall–Kier alpha value is -1.00. The Morgan fingerprint density at radius 2 is 1.64 bits per heavy atom. The maximum absolute atomic E-state index is 4.14. The van der Waals surface area contributed by atoms with Gasteiger partial charge >= 0.3 is 0 Å². The van der Waals surface area contributed by atoms with Crippen molar-refractivity contribution >= 4 is 43.2 Å². The van der Waals surface area contributed by atoms with E-state index in [1.165, 1.54) is 22.5 Å². The van der Waals surface area contributed by atoms with Crippen LogP contribution in [0.3, 0.4) is 0 Å². The summed E-state index contributed by atoms with van der Waals surface area (Å²) in [5.74, 6) is 0.959. The molecule has 5 rings (SSSR count). The highest BCUT2D eigenvalue weighted by atomic mass is 79.9. The summed E-state index contributed by atoms with van der Waals surface area (Å²) in [5.41, 5.74) is 5.44. The van der Waals surface area contributed by atoms with Crippen molar-refractivity contribution in [3.05, 3.63) is 59.7 Å². The number of hydrogen-bond acceptors (Lipinski definition) is 2. The first-order valence-electron chi connectivity index (χ1n) is 7.71. The highest BCUT2D eigenvalue weighted by Gasteiger charge is 2.63. The van der Waals surface area contributed by atoms with E-state index in [2.05, 4.69) is 91.0 Å². The molecule has 5 atom stereocenters. The van der Waals surface area contributed by atoms with Crippen LogP contribution in [-0.2, 0) is 0 Å². The normalized spacial score (nSPS) is 37.4. The van der Waals surface area contributed by atoms with E-state index in [1.54, 1.807) is 0 Å². The van der Waals surface area contributed by atoms with Gasteiger partial charge in [0.25, 0.3) is 0 Å². The monoisotopic (exact) mass is 418 g/mol. The van der Waals surface area contributed by atoms with Gasteiger partial charge in [-0.05, 0) is 23.3 Å². The SMILES string of the molecule is Br[C@@H]1[C@H]2c3ccccc3N[C@@H]1[C@]1(Br)CNc3ccccc3[C@H]21. The molecule has 0 amide bonds. The molecule has 2 nitrogen and oxygen atoms in total. The molecule has 2 N–H and O–H groups in total. The van der Waals surface area contributed by atoms with Gasteiger partial charge in [-0.2, -0.15) is 0 Å². The van der Waals surface area contributed by atoms with Gasteiger partial charge in [-0.1, -0.05) is 68.3 Å². The van der Waals surface area contributed by atoms with Gasteiger partial charge in [0.1, 0.15) is 0 Å². The topological polar surface area (TPSA) is 24.1 Å². The molecule has 3 aliphatic rings. The minimum atomic E-state index is 0.0270. The number of anilines is 2. The average Bonchev–Trinajstić information content (AvgIpc) is 2.70. The summed E-state index contributed by atoms with van der Waals surface area (Å²) in [6.07, 6.45) is 0. The Morgan fingerprint density at radius 3 is 2.45 bits per heavy atom. The molecule has 0 aromatic heterocycles. The molecule has 22 heavy (non-hydrogen) atoms. The number of para-hydroxylation sites is 2. The number of hydrogen-bond donors (Lipinski definition) is 2. The predicted molar refractivity (Wildman–Crippen MR) is 98.6 cm³/mol. The lowest BCUT2D eigenvalue weighted by molar-refractivity contribution is 0.518. The largest absolute Gasteiger partial charge is 0.383 e. The van der Waals surface area contributed by atoms with Gasteiger partial charge in [-0.25, -0.2) is 0 Å². The van der Waals surface area contributed by atoms with E-state index >= 15 is 0 Å². The number of rotatable bonds is 0. The van der Waals surface area contributed by atoms with E-state index in [-0.39, 0.29) is 4.32 Å². The first-order valence-corrected chi connectivity index (χ1v) is 9.42. The van der Waals surface area contributed by atoms with Gasteiger partial charge < -0.3 is 10.6 Å². The molecular formula is C18H16Br2N2. The first-order chi connectivity index (χ1) is 10.7. The molecule has 2 aromatic rings. The third-order valence-corrected chi connectivity index (χ3v) is 7.90. The van der Waals surface area contributed by atoms with E-state index in [9.17, 15) is 0 Å². The smallest absolute Gasteiger partial charge is 0.0716 e. The van der Waals surface area contributed by atoms with Crippen LogP contribution in [0.25, 0.3) is 0 Å². The molecule has 1 fully saturated rings. The van der Waals surface area contributed by atoms with E-state index < -0.39 is 0 Å². The van der Waals surface area contributed by atoms with Crippen molar-refractivity contribution in [2.75, 3.05) is 17.2 Å². The van der Waals surface area contributed by atoms with Gasteiger partial charge in [0, 0.05) is 34.6 Å². The molecule has 0 radical (unpaired) electrons. The number of benzene rings is 2. The zero-order valence-electron chi connectivity index (χ0n) is 11.9. The Bertz CT molecular complexity index is 762. The van der Waals surface area contributed by atoms with Crippen molar-refractivity contribution in [3.63, 3.8) is 0 Å². The van der Waals surface area contributed by atoms with Crippen LogP contribution in [0.5, 0.6) is 0 Å². The second-order valence-corrected chi connectivity index (χ2v) is 9.06. The van der Waals surface area contributed by atoms with Crippen molar-refractivity contribution in [1.29, 1.82) is 0 Å². The zero-order chi connectivity index (χ0) is 14.9. The fourth-order valence-corrected chi connectivity index (χ4v) is 7.24. The molecule has 1 saturated carbocycles. The second kappa shape index (κ2) is 4.51. The van der Waals surface area contributed by atoms with Gasteiger partial charge in [0.15, 0.2) is 0 Å². The van der Waals surface area contributed by atoms with Crippen molar-refractivity contribution in [2.24, 2.45) is 0 Å².